The number of nitrogens with zero attached hydrogens (tertiary/aromatic N) is 3. The van der Waals surface area contributed by atoms with Gasteiger partial charge in [-0.25, -0.2) is 8.42 Å². The summed E-state index contributed by atoms with van der Waals surface area (Å²) >= 11 is 1.31. The van der Waals surface area contributed by atoms with E-state index in [-0.39, 0.29) is 0 Å². The maximum atomic E-state index is 12.6. The van der Waals surface area contributed by atoms with Crippen LogP contribution in [0.15, 0.2) is 53.5 Å². The second-order valence-corrected chi connectivity index (χ2v) is 10.5. The molecule has 0 radical (unpaired) electrons. The lowest BCUT2D eigenvalue weighted by Gasteiger charge is -2.17. The van der Waals surface area contributed by atoms with Crippen LogP contribution in [0.4, 0.5) is 5.69 Å². The number of methoxy groups -OCH3 is 1. The zero-order chi connectivity index (χ0) is 22.7. The Balaban J connectivity index is 1.51. The molecule has 0 unspecified atom stereocenters. The first-order valence-electron chi connectivity index (χ1n) is 10.1. The molecule has 0 N–H and O–H groups in total. The number of benzene rings is 2. The zero-order valence-electron chi connectivity index (χ0n) is 17.6. The van der Waals surface area contributed by atoms with Crippen molar-refractivity contribution >= 4 is 48.9 Å². The number of aromatic nitrogens is 1. The third-order valence-corrected chi connectivity index (χ3v) is 7.64. The number of fused-ring (bicyclic) bond motifs is 2. The van der Waals surface area contributed by atoms with Crippen molar-refractivity contribution in [2.75, 3.05) is 36.7 Å². The third kappa shape index (κ3) is 4.82. The molecule has 10 heteroatoms. The Kier molecular flexibility index (Phi) is 6.54. The predicted molar refractivity (Wildman–Crippen MR) is 123 cm³/mol. The van der Waals surface area contributed by atoms with Crippen LogP contribution in [0.25, 0.3) is 10.2 Å². The molecule has 0 atom stereocenters. The van der Waals surface area contributed by atoms with Crippen LogP contribution in [0.3, 0.4) is 0 Å². The molecule has 168 valence electrons. The van der Waals surface area contributed by atoms with Crippen molar-refractivity contribution in [3.05, 3.63) is 58.9 Å². The highest BCUT2D eigenvalue weighted by molar-refractivity contribution is 7.92. The summed E-state index contributed by atoms with van der Waals surface area (Å²) < 4.78 is 33.1. The minimum absolute atomic E-state index is 0.406. The number of anilines is 1. The van der Waals surface area contributed by atoms with Crippen molar-refractivity contribution < 1.29 is 22.7 Å². The highest BCUT2D eigenvalue weighted by Crippen LogP contribution is 2.27. The normalized spacial score (nSPS) is 14.2. The molecule has 2 aromatic carbocycles. The van der Waals surface area contributed by atoms with Crippen LogP contribution in [0.5, 0.6) is 0 Å². The van der Waals surface area contributed by atoms with Crippen molar-refractivity contribution in [2.24, 2.45) is 4.99 Å². The third-order valence-electron chi connectivity index (χ3n) is 5.20. The number of amides is 2. The number of ether oxygens (including phenoxy) is 1. The van der Waals surface area contributed by atoms with Gasteiger partial charge in [-0.2, -0.15) is 4.99 Å². The van der Waals surface area contributed by atoms with Crippen molar-refractivity contribution in [2.45, 2.75) is 13.0 Å². The lowest BCUT2D eigenvalue weighted by atomic mass is 10.2. The molecule has 0 fully saturated rings. The Morgan fingerprint density at radius 3 is 2.66 bits per heavy atom. The van der Waals surface area contributed by atoms with Gasteiger partial charge in [0.1, 0.15) is 11.5 Å². The fourth-order valence-electron chi connectivity index (χ4n) is 3.75. The van der Waals surface area contributed by atoms with Crippen molar-refractivity contribution in [3.8, 4) is 0 Å². The lowest BCUT2D eigenvalue weighted by Crippen LogP contribution is -2.36. The average Bonchev–Trinajstić information content (AvgIpc) is 3.32. The van der Waals surface area contributed by atoms with Crippen molar-refractivity contribution in [3.63, 3.8) is 0 Å². The molecule has 0 saturated heterocycles. The van der Waals surface area contributed by atoms with Gasteiger partial charge >= 0.3 is 0 Å². The van der Waals surface area contributed by atoms with Gasteiger partial charge in [0.2, 0.25) is 5.91 Å². The monoisotopic (exact) mass is 473 g/mol. The Labute approximate surface area is 189 Å². The van der Waals surface area contributed by atoms with E-state index >= 15 is 0 Å². The van der Waals surface area contributed by atoms with E-state index in [4.69, 9.17) is 4.74 Å². The summed E-state index contributed by atoms with van der Waals surface area (Å²) in [5.74, 6) is -2.86. The second kappa shape index (κ2) is 9.35. The number of carbonyl (C=O) groups excluding carboxylic acids is 2. The summed E-state index contributed by atoms with van der Waals surface area (Å²) in [6, 6.07) is 15.0. The van der Waals surface area contributed by atoms with E-state index < -0.39 is 33.2 Å². The number of rotatable bonds is 7. The molecule has 0 saturated carbocycles. The first-order valence-corrected chi connectivity index (χ1v) is 12.8. The largest absolute Gasteiger partial charge is 0.383 e. The predicted octanol–water partition coefficient (Wildman–Crippen LogP) is 1.78. The smallest absolute Gasteiger partial charge is 0.263 e. The molecule has 4 rings (SSSR count). The van der Waals surface area contributed by atoms with Crippen LogP contribution in [0, 0.1) is 0 Å². The molecule has 2 heterocycles. The fourth-order valence-corrected chi connectivity index (χ4v) is 5.89. The van der Waals surface area contributed by atoms with Gasteiger partial charge in [-0.05, 0) is 30.2 Å². The molecule has 8 nitrogen and oxygen atoms in total. The molecule has 3 aromatic rings. The quantitative estimate of drug-likeness (QED) is 0.521. The molecule has 32 heavy (non-hydrogen) atoms. The van der Waals surface area contributed by atoms with Gasteiger partial charge in [-0.15, -0.1) is 0 Å². The van der Waals surface area contributed by atoms with Crippen LogP contribution in [-0.4, -0.2) is 56.6 Å². The molecular formula is C22H23N3O5S2. The molecule has 0 bridgehead atoms. The minimum Gasteiger partial charge on any atom is -0.383 e. The highest BCUT2D eigenvalue weighted by atomic mass is 32.2. The molecular weight excluding hydrogens is 450 g/mol. The molecule has 0 aliphatic carbocycles. The standard InChI is InChI=1S/C22H23N3O5S2/c1-30-13-12-25-18-8-4-5-9-19(18)31-22(25)23-20(26)14-32(28,29)15-21(27)24-11-10-16-6-2-3-7-17(16)24/h2-9H,10-15H2,1H3. The van der Waals surface area contributed by atoms with Crippen LogP contribution in [-0.2, 0) is 37.1 Å². The molecule has 1 aliphatic heterocycles. The highest BCUT2D eigenvalue weighted by Gasteiger charge is 2.29. The summed E-state index contributed by atoms with van der Waals surface area (Å²) in [6.45, 7) is 1.34. The van der Waals surface area contributed by atoms with Gasteiger partial charge < -0.3 is 14.2 Å². The molecule has 0 spiro atoms. The van der Waals surface area contributed by atoms with E-state index in [1.54, 1.807) is 13.2 Å². The van der Waals surface area contributed by atoms with Crippen LogP contribution in [0.1, 0.15) is 5.56 Å². The molecule has 1 aromatic heterocycles. The Morgan fingerprint density at radius 1 is 1.09 bits per heavy atom. The lowest BCUT2D eigenvalue weighted by molar-refractivity contribution is -0.116. The van der Waals surface area contributed by atoms with Crippen molar-refractivity contribution in [1.29, 1.82) is 0 Å². The molecule has 1 aliphatic rings. The number of para-hydroxylation sites is 2. The summed E-state index contributed by atoms with van der Waals surface area (Å²) in [5.41, 5.74) is 2.63. The van der Waals surface area contributed by atoms with Crippen LogP contribution in [0.2, 0.25) is 0 Å². The Morgan fingerprint density at radius 2 is 1.84 bits per heavy atom. The first kappa shape index (κ1) is 22.4. The van der Waals surface area contributed by atoms with E-state index in [1.165, 1.54) is 16.2 Å². The summed E-state index contributed by atoms with van der Waals surface area (Å²) in [7, 11) is -2.38. The maximum absolute atomic E-state index is 12.6. The summed E-state index contributed by atoms with van der Waals surface area (Å²) in [6.07, 6.45) is 0.684. The average molecular weight is 474 g/mol. The first-order chi connectivity index (χ1) is 15.4. The van der Waals surface area contributed by atoms with Gasteiger partial charge in [0.15, 0.2) is 14.6 Å². The van der Waals surface area contributed by atoms with E-state index in [0.717, 1.165) is 21.5 Å². The van der Waals surface area contributed by atoms with E-state index in [9.17, 15) is 18.0 Å². The second-order valence-electron chi connectivity index (χ2n) is 7.46. The van der Waals surface area contributed by atoms with Gasteiger partial charge in [0, 0.05) is 25.9 Å². The number of hydrogen-bond acceptors (Lipinski definition) is 6. The van der Waals surface area contributed by atoms with E-state index in [1.807, 2.05) is 47.0 Å². The SMILES string of the molecule is COCCn1c(=NC(=O)CS(=O)(=O)CC(=O)N2CCc3ccccc32)sc2ccccc21. The number of carbonyl (C=O) groups is 2. The van der Waals surface area contributed by atoms with E-state index in [2.05, 4.69) is 4.99 Å². The Hall–Kier alpha value is -2.82. The minimum atomic E-state index is -3.96. The van der Waals surface area contributed by atoms with Gasteiger partial charge in [0.05, 0.1) is 16.8 Å². The fraction of sp³-hybridized carbons (Fsp3) is 0.318. The number of thiazole rings is 1. The topological polar surface area (TPSA) is 98.0 Å². The maximum Gasteiger partial charge on any atom is 0.263 e. The van der Waals surface area contributed by atoms with Gasteiger partial charge in [0.25, 0.3) is 5.91 Å². The van der Waals surface area contributed by atoms with Gasteiger partial charge in [-0.1, -0.05) is 41.7 Å². The molecule has 2 amide bonds. The summed E-state index contributed by atoms with van der Waals surface area (Å²) in [5, 5.41) is 0. The Bertz CT molecular complexity index is 1340. The van der Waals surface area contributed by atoms with Crippen molar-refractivity contribution in [1.82, 2.24) is 4.57 Å². The van der Waals surface area contributed by atoms with Crippen LogP contribution < -0.4 is 9.70 Å². The zero-order valence-corrected chi connectivity index (χ0v) is 19.2. The number of hydrogen-bond donors (Lipinski definition) is 0. The summed E-state index contributed by atoms with van der Waals surface area (Å²) in [4.78, 5) is 31.1. The number of sulfone groups is 1. The van der Waals surface area contributed by atoms with Crippen LogP contribution >= 0.6 is 11.3 Å². The van der Waals surface area contributed by atoms with Gasteiger partial charge in [-0.3, -0.25) is 9.59 Å². The van der Waals surface area contributed by atoms with E-state index in [0.29, 0.717) is 30.9 Å².